The molecule has 2 heterocycles. The third-order valence-corrected chi connectivity index (χ3v) is 2.81. The Morgan fingerprint density at radius 2 is 2.50 bits per heavy atom. The van der Waals surface area contributed by atoms with Crippen molar-refractivity contribution in [2.24, 2.45) is 0 Å². The summed E-state index contributed by atoms with van der Waals surface area (Å²) in [5.74, 6) is 0. The van der Waals surface area contributed by atoms with E-state index in [9.17, 15) is 0 Å². The molecule has 0 amide bonds. The molecule has 3 nitrogen and oxygen atoms in total. The molecule has 3 heteroatoms. The van der Waals surface area contributed by atoms with Crippen LogP contribution in [0.15, 0.2) is 36.7 Å². The Hall–Kier alpha value is -1.35. The standard InChI is InChI=1S/C13H18N2O/c1-11(13-7-2-4-8-14-13)15-10-12-6-3-5-9-16-12/h2,4-5,7-9,11-12,15H,3,6,10H2,1H3/t11-,12?/m0/s1. The van der Waals surface area contributed by atoms with E-state index in [-0.39, 0.29) is 6.04 Å². The topological polar surface area (TPSA) is 34.1 Å². The Morgan fingerprint density at radius 3 is 3.19 bits per heavy atom. The zero-order valence-electron chi connectivity index (χ0n) is 9.60. The minimum absolute atomic E-state index is 0.274. The van der Waals surface area contributed by atoms with Crippen LogP contribution in [-0.2, 0) is 4.74 Å². The minimum atomic E-state index is 0.274. The van der Waals surface area contributed by atoms with E-state index in [2.05, 4.69) is 23.3 Å². The van der Waals surface area contributed by atoms with E-state index in [0.29, 0.717) is 6.10 Å². The van der Waals surface area contributed by atoms with Crippen molar-refractivity contribution in [3.05, 3.63) is 42.4 Å². The molecule has 2 atom stereocenters. The summed E-state index contributed by atoms with van der Waals surface area (Å²) in [5.41, 5.74) is 1.08. The molecule has 0 spiro atoms. The van der Waals surface area contributed by atoms with E-state index < -0.39 is 0 Å². The van der Waals surface area contributed by atoms with Gasteiger partial charge < -0.3 is 10.1 Å². The number of nitrogens with one attached hydrogen (secondary N) is 1. The first-order chi connectivity index (χ1) is 7.86. The molecule has 1 N–H and O–H groups in total. The van der Waals surface area contributed by atoms with Crippen molar-refractivity contribution in [2.75, 3.05) is 6.54 Å². The van der Waals surface area contributed by atoms with Gasteiger partial charge in [-0.25, -0.2) is 0 Å². The first-order valence-corrected chi connectivity index (χ1v) is 5.81. The van der Waals surface area contributed by atoms with E-state index in [1.165, 1.54) is 0 Å². The van der Waals surface area contributed by atoms with Gasteiger partial charge in [-0.1, -0.05) is 6.07 Å². The van der Waals surface area contributed by atoms with Gasteiger partial charge in [0.25, 0.3) is 0 Å². The molecule has 0 fully saturated rings. The first kappa shape index (κ1) is 11.1. The lowest BCUT2D eigenvalue weighted by molar-refractivity contribution is 0.119. The smallest absolute Gasteiger partial charge is 0.110 e. The van der Waals surface area contributed by atoms with Crippen molar-refractivity contribution in [3.63, 3.8) is 0 Å². The van der Waals surface area contributed by atoms with E-state index in [1.54, 1.807) is 6.26 Å². The van der Waals surface area contributed by atoms with Crippen LogP contribution in [0.2, 0.25) is 0 Å². The summed E-state index contributed by atoms with van der Waals surface area (Å²) in [6, 6.07) is 6.26. The van der Waals surface area contributed by atoms with Gasteiger partial charge in [0.05, 0.1) is 12.0 Å². The summed E-state index contributed by atoms with van der Waals surface area (Å²) >= 11 is 0. The molecular weight excluding hydrogens is 200 g/mol. The molecule has 0 bridgehead atoms. The van der Waals surface area contributed by atoms with Crippen molar-refractivity contribution in [1.82, 2.24) is 10.3 Å². The highest BCUT2D eigenvalue weighted by atomic mass is 16.5. The molecule has 2 rings (SSSR count). The van der Waals surface area contributed by atoms with Crippen LogP contribution in [0.5, 0.6) is 0 Å². The number of aromatic nitrogens is 1. The third kappa shape index (κ3) is 3.07. The molecule has 1 unspecified atom stereocenters. The van der Waals surface area contributed by atoms with E-state index in [0.717, 1.165) is 25.1 Å². The van der Waals surface area contributed by atoms with Crippen LogP contribution in [0.25, 0.3) is 0 Å². The first-order valence-electron chi connectivity index (χ1n) is 5.81. The average Bonchev–Trinajstić information content (AvgIpc) is 2.38. The van der Waals surface area contributed by atoms with Gasteiger partial charge in [-0.05, 0) is 38.0 Å². The predicted molar refractivity (Wildman–Crippen MR) is 63.9 cm³/mol. The summed E-state index contributed by atoms with van der Waals surface area (Å²) in [6.07, 6.45) is 8.21. The van der Waals surface area contributed by atoms with Crippen molar-refractivity contribution < 1.29 is 4.74 Å². The Labute approximate surface area is 96.5 Å². The molecule has 16 heavy (non-hydrogen) atoms. The number of allylic oxidation sites excluding steroid dienone is 1. The highest BCUT2D eigenvalue weighted by Crippen LogP contribution is 2.12. The van der Waals surface area contributed by atoms with Gasteiger partial charge in [0.15, 0.2) is 0 Å². The fourth-order valence-corrected chi connectivity index (χ4v) is 1.78. The van der Waals surface area contributed by atoms with Crippen molar-refractivity contribution in [1.29, 1.82) is 0 Å². The summed E-state index contributed by atoms with van der Waals surface area (Å²) in [6.45, 7) is 3.00. The lowest BCUT2D eigenvalue weighted by Gasteiger charge is -2.22. The van der Waals surface area contributed by atoms with E-state index >= 15 is 0 Å². The molecule has 86 valence electrons. The van der Waals surface area contributed by atoms with Gasteiger partial charge in [-0.2, -0.15) is 0 Å². The van der Waals surface area contributed by atoms with Crippen LogP contribution in [0, 0.1) is 0 Å². The number of hydrogen-bond acceptors (Lipinski definition) is 3. The second-order valence-corrected chi connectivity index (χ2v) is 4.09. The minimum Gasteiger partial charge on any atom is -0.497 e. The van der Waals surface area contributed by atoms with Crippen molar-refractivity contribution in [2.45, 2.75) is 31.9 Å². The normalized spacial score (nSPS) is 21.4. The maximum atomic E-state index is 5.50. The molecule has 0 saturated heterocycles. The molecule has 1 aromatic rings. The van der Waals surface area contributed by atoms with Crippen LogP contribution in [0.1, 0.15) is 31.5 Å². The third-order valence-electron chi connectivity index (χ3n) is 2.81. The molecule has 1 aliphatic heterocycles. The molecule has 0 aliphatic carbocycles. The summed E-state index contributed by atoms with van der Waals surface area (Å²) < 4.78 is 5.50. The average molecular weight is 218 g/mol. The number of ether oxygens (including phenoxy) is 1. The summed E-state index contributed by atoms with van der Waals surface area (Å²) in [4.78, 5) is 4.33. The van der Waals surface area contributed by atoms with Crippen LogP contribution < -0.4 is 5.32 Å². The number of rotatable bonds is 4. The van der Waals surface area contributed by atoms with Crippen molar-refractivity contribution in [3.8, 4) is 0 Å². The Morgan fingerprint density at radius 1 is 1.56 bits per heavy atom. The zero-order chi connectivity index (χ0) is 11.2. The highest BCUT2D eigenvalue weighted by molar-refractivity contribution is 5.07. The maximum Gasteiger partial charge on any atom is 0.110 e. The van der Waals surface area contributed by atoms with E-state index in [4.69, 9.17) is 4.74 Å². The highest BCUT2D eigenvalue weighted by Gasteiger charge is 2.13. The lowest BCUT2D eigenvalue weighted by Crippen LogP contribution is -2.31. The second-order valence-electron chi connectivity index (χ2n) is 4.09. The van der Waals surface area contributed by atoms with Crippen LogP contribution in [-0.4, -0.2) is 17.6 Å². The zero-order valence-corrected chi connectivity index (χ0v) is 9.60. The Bertz CT molecular complexity index is 337. The molecule has 1 aliphatic rings. The molecular formula is C13H18N2O. The summed E-state index contributed by atoms with van der Waals surface area (Å²) in [5, 5.41) is 3.45. The van der Waals surface area contributed by atoms with Gasteiger partial charge >= 0.3 is 0 Å². The largest absolute Gasteiger partial charge is 0.497 e. The van der Waals surface area contributed by atoms with Gasteiger partial charge in [0.1, 0.15) is 6.10 Å². The van der Waals surface area contributed by atoms with Gasteiger partial charge in [-0.15, -0.1) is 0 Å². The van der Waals surface area contributed by atoms with Gasteiger partial charge in [0, 0.05) is 18.8 Å². The lowest BCUT2D eigenvalue weighted by atomic mass is 10.1. The van der Waals surface area contributed by atoms with Crippen LogP contribution in [0.4, 0.5) is 0 Å². The second kappa shape index (κ2) is 5.66. The van der Waals surface area contributed by atoms with Gasteiger partial charge in [-0.3, -0.25) is 4.98 Å². The molecule has 0 aromatic carbocycles. The van der Waals surface area contributed by atoms with Crippen molar-refractivity contribution >= 4 is 0 Å². The molecule has 0 saturated carbocycles. The Balaban J connectivity index is 1.79. The Kier molecular flexibility index (Phi) is 3.94. The van der Waals surface area contributed by atoms with E-state index in [1.807, 2.05) is 24.4 Å². The van der Waals surface area contributed by atoms with Gasteiger partial charge in [0.2, 0.25) is 0 Å². The number of nitrogens with zero attached hydrogens (tertiary/aromatic N) is 1. The SMILES string of the molecule is C[C@H](NCC1CCC=CO1)c1ccccn1. The quantitative estimate of drug-likeness (QED) is 0.842. The predicted octanol–water partition coefficient (Wildman–Crippen LogP) is 2.42. The van der Waals surface area contributed by atoms with Crippen LogP contribution >= 0.6 is 0 Å². The summed E-state index contributed by atoms with van der Waals surface area (Å²) in [7, 11) is 0. The monoisotopic (exact) mass is 218 g/mol. The number of hydrogen-bond donors (Lipinski definition) is 1. The number of pyridine rings is 1. The maximum absolute atomic E-state index is 5.50. The van der Waals surface area contributed by atoms with Crippen LogP contribution in [0.3, 0.4) is 0 Å². The fourth-order valence-electron chi connectivity index (χ4n) is 1.78. The molecule has 0 radical (unpaired) electrons. The molecule has 1 aromatic heterocycles. The fraction of sp³-hybridized carbons (Fsp3) is 0.462.